The van der Waals surface area contributed by atoms with Crippen molar-refractivity contribution in [2.45, 2.75) is 50.6 Å². The fraction of sp³-hybridized carbons (Fsp3) is 0.429. The van der Waals surface area contributed by atoms with E-state index in [1.165, 1.54) is 25.7 Å². The summed E-state index contributed by atoms with van der Waals surface area (Å²) in [5, 5.41) is 3.53. The predicted octanol–water partition coefficient (Wildman–Crippen LogP) is 4.41. The monoisotopic (exact) mass is 335 g/mol. The van der Waals surface area contributed by atoms with Gasteiger partial charge in [0.15, 0.2) is 0 Å². The molecule has 0 radical (unpaired) electrons. The van der Waals surface area contributed by atoms with Gasteiger partial charge in [0, 0.05) is 24.3 Å². The van der Waals surface area contributed by atoms with E-state index >= 15 is 0 Å². The second-order valence-electron chi connectivity index (χ2n) is 7.13. The van der Waals surface area contributed by atoms with Crippen LogP contribution in [0, 0.1) is 0 Å². The number of carbonyl (C=O) groups excluding carboxylic acids is 1. The number of hydrogen-bond acceptors (Lipinski definition) is 3. The summed E-state index contributed by atoms with van der Waals surface area (Å²) in [7, 11) is 0. The van der Waals surface area contributed by atoms with E-state index in [0.29, 0.717) is 6.04 Å². The summed E-state index contributed by atoms with van der Waals surface area (Å²) in [5.41, 5.74) is 1.90. The van der Waals surface area contributed by atoms with E-state index in [4.69, 9.17) is 0 Å². The molecule has 0 bridgehead atoms. The van der Waals surface area contributed by atoms with Crippen molar-refractivity contribution >= 4 is 11.7 Å². The number of carbonyl (C=O) groups is 1. The van der Waals surface area contributed by atoms with Crippen LogP contribution in [0.25, 0.3) is 0 Å². The first-order valence-electron chi connectivity index (χ1n) is 9.40. The van der Waals surface area contributed by atoms with Crippen LogP contribution in [0.4, 0.5) is 5.82 Å². The quantitative estimate of drug-likeness (QED) is 0.900. The van der Waals surface area contributed by atoms with E-state index in [2.05, 4.69) is 22.4 Å². The molecule has 130 valence electrons. The number of nitrogens with one attached hydrogen (secondary N) is 1. The van der Waals surface area contributed by atoms with Gasteiger partial charge in [0.1, 0.15) is 5.82 Å². The van der Waals surface area contributed by atoms with Gasteiger partial charge in [-0.25, -0.2) is 4.98 Å². The molecule has 4 nitrogen and oxygen atoms in total. The first kappa shape index (κ1) is 16.1. The summed E-state index contributed by atoms with van der Waals surface area (Å²) in [6, 6.07) is 14.5. The highest BCUT2D eigenvalue weighted by Crippen LogP contribution is 2.33. The number of amides is 1. The third kappa shape index (κ3) is 3.53. The summed E-state index contributed by atoms with van der Waals surface area (Å²) in [6.45, 7) is 0.820. The number of pyridine rings is 1. The number of anilines is 1. The Morgan fingerprint density at radius 1 is 1.00 bits per heavy atom. The van der Waals surface area contributed by atoms with Gasteiger partial charge in [-0.05, 0) is 49.4 Å². The van der Waals surface area contributed by atoms with Crippen LogP contribution in [0.15, 0.2) is 48.7 Å². The van der Waals surface area contributed by atoms with E-state index in [-0.39, 0.29) is 11.9 Å². The number of rotatable bonds is 4. The van der Waals surface area contributed by atoms with Crippen molar-refractivity contribution in [1.29, 1.82) is 0 Å². The fourth-order valence-electron chi connectivity index (χ4n) is 4.07. The molecule has 4 rings (SSSR count). The Balaban J connectivity index is 1.47. The molecular formula is C21H25N3O. The maximum Gasteiger partial charge on any atom is 0.254 e. The van der Waals surface area contributed by atoms with Gasteiger partial charge in [-0.15, -0.1) is 0 Å². The molecule has 1 saturated heterocycles. The molecule has 2 heterocycles. The molecule has 1 N–H and O–H groups in total. The molecule has 25 heavy (non-hydrogen) atoms. The highest BCUT2D eigenvalue weighted by Gasteiger charge is 2.30. The van der Waals surface area contributed by atoms with Crippen molar-refractivity contribution in [2.24, 2.45) is 0 Å². The van der Waals surface area contributed by atoms with Crippen LogP contribution in [0.2, 0.25) is 0 Å². The first-order valence-corrected chi connectivity index (χ1v) is 9.40. The standard InChI is InChI=1S/C21H25N3O/c25-21(16-7-2-1-3-8-16)24-14-6-11-19(24)17-12-13-20(22-15-17)23-18-9-4-5-10-18/h1-3,7-8,12-13,15,18-19H,4-6,9-11,14H2,(H,22,23). The Hall–Kier alpha value is -2.36. The maximum absolute atomic E-state index is 12.8. The minimum atomic E-state index is 0.122. The number of nitrogens with zero attached hydrogens (tertiary/aromatic N) is 2. The van der Waals surface area contributed by atoms with Crippen LogP contribution in [0.1, 0.15) is 60.5 Å². The zero-order chi connectivity index (χ0) is 17.1. The third-order valence-electron chi connectivity index (χ3n) is 5.41. The van der Waals surface area contributed by atoms with Crippen molar-refractivity contribution in [3.05, 3.63) is 59.8 Å². The molecule has 1 aromatic carbocycles. The molecule has 1 aliphatic carbocycles. The van der Waals surface area contributed by atoms with Crippen LogP contribution >= 0.6 is 0 Å². The average molecular weight is 335 g/mol. The third-order valence-corrected chi connectivity index (χ3v) is 5.41. The lowest BCUT2D eigenvalue weighted by atomic mass is 10.1. The summed E-state index contributed by atoms with van der Waals surface area (Å²) < 4.78 is 0. The molecule has 1 aliphatic heterocycles. The van der Waals surface area contributed by atoms with Crippen molar-refractivity contribution in [1.82, 2.24) is 9.88 Å². The highest BCUT2D eigenvalue weighted by molar-refractivity contribution is 5.94. The second-order valence-corrected chi connectivity index (χ2v) is 7.13. The van der Waals surface area contributed by atoms with Gasteiger partial charge >= 0.3 is 0 Å². The Bertz CT molecular complexity index is 708. The Labute approximate surface area is 149 Å². The number of aromatic nitrogens is 1. The normalized spacial score (nSPS) is 20.8. The number of benzene rings is 1. The summed E-state index contributed by atoms with van der Waals surface area (Å²) >= 11 is 0. The topological polar surface area (TPSA) is 45.2 Å². The lowest BCUT2D eigenvalue weighted by Gasteiger charge is -2.25. The second kappa shape index (κ2) is 7.26. The van der Waals surface area contributed by atoms with Crippen LogP contribution in [-0.2, 0) is 0 Å². The van der Waals surface area contributed by atoms with Crippen molar-refractivity contribution in [3.8, 4) is 0 Å². The predicted molar refractivity (Wildman–Crippen MR) is 99.6 cm³/mol. The zero-order valence-corrected chi connectivity index (χ0v) is 14.5. The van der Waals surface area contributed by atoms with Crippen molar-refractivity contribution < 1.29 is 4.79 Å². The molecule has 1 atom stereocenters. The minimum absolute atomic E-state index is 0.122. The zero-order valence-electron chi connectivity index (χ0n) is 14.5. The molecule has 1 amide bonds. The van der Waals surface area contributed by atoms with Crippen molar-refractivity contribution in [2.75, 3.05) is 11.9 Å². The molecule has 2 aliphatic rings. The lowest BCUT2D eigenvalue weighted by Crippen LogP contribution is -2.30. The largest absolute Gasteiger partial charge is 0.367 e. The summed E-state index contributed by atoms with van der Waals surface area (Å²) in [5.74, 6) is 1.07. The fourth-order valence-corrected chi connectivity index (χ4v) is 4.07. The molecule has 2 aromatic rings. The maximum atomic E-state index is 12.8. The van der Waals surface area contributed by atoms with E-state index in [0.717, 1.165) is 36.3 Å². The molecule has 1 unspecified atom stereocenters. The Morgan fingerprint density at radius 3 is 2.52 bits per heavy atom. The Kier molecular flexibility index (Phi) is 4.68. The SMILES string of the molecule is O=C(c1ccccc1)N1CCCC1c1ccc(NC2CCCC2)nc1. The molecule has 0 spiro atoms. The Morgan fingerprint density at radius 2 is 1.80 bits per heavy atom. The first-order chi connectivity index (χ1) is 12.3. The summed E-state index contributed by atoms with van der Waals surface area (Å²) in [6.07, 6.45) is 9.11. The van der Waals surface area contributed by atoms with Crippen LogP contribution in [0.3, 0.4) is 0 Å². The van der Waals surface area contributed by atoms with Gasteiger partial charge < -0.3 is 10.2 Å². The van der Waals surface area contributed by atoms with Gasteiger partial charge in [-0.1, -0.05) is 37.1 Å². The molecule has 1 saturated carbocycles. The van der Waals surface area contributed by atoms with Crippen LogP contribution in [0.5, 0.6) is 0 Å². The van der Waals surface area contributed by atoms with Gasteiger partial charge in [0.05, 0.1) is 6.04 Å². The van der Waals surface area contributed by atoms with Gasteiger partial charge in [0.25, 0.3) is 5.91 Å². The van der Waals surface area contributed by atoms with E-state index in [1.807, 2.05) is 41.4 Å². The van der Waals surface area contributed by atoms with E-state index < -0.39 is 0 Å². The van der Waals surface area contributed by atoms with E-state index in [1.54, 1.807) is 0 Å². The average Bonchev–Trinajstić information content (AvgIpc) is 3.34. The highest BCUT2D eigenvalue weighted by atomic mass is 16.2. The van der Waals surface area contributed by atoms with E-state index in [9.17, 15) is 4.79 Å². The van der Waals surface area contributed by atoms with Crippen LogP contribution in [-0.4, -0.2) is 28.4 Å². The van der Waals surface area contributed by atoms with Gasteiger partial charge in [-0.3, -0.25) is 4.79 Å². The van der Waals surface area contributed by atoms with Crippen molar-refractivity contribution in [3.63, 3.8) is 0 Å². The summed E-state index contributed by atoms with van der Waals surface area (Å²) in [4.78, 5) is 19.4. The smallest absolute Gasteiger partial charge is 0.254 e. The molecule has 1 aromatic heterocycles. The minimum Gasteiger partial charge on any atom is -0.367 e. The number of likely N-dealkylation sites (tertiary alicyclic amines) is 1. The lowest BCUT2D eigenvalue weighted by molar-refractivity contribution is 0.0735. The number of hydrogen-bond donors (Lipinski definition) is 1. The van der Waals surface area contributed by atoms with Gasteiger partial charge in [-0.2, -0.15) is 0 Å². The molecule has 2 fully saturated rings. The van der Waals surface area contributed by atoms with Crippen LogP contribution < -0.4 is 5.32 Å². The molecular weight excluding hydrogens is 310 g/mol. The van der Waals surface area contributed by atoms with Gasteiger partial charge in [0.2, 0.25) is 0 Å². The molecule has 4 heteroatoms.